The summed E-state index contributed by atoms with van der Waals surface area (Å²) in [5, 5.41) is 122. The quantitative estimate of drug-likeness (QED) is 0.112. The number of fused-ring (bicyclic) bond motifs is 2. The minimum atomic E-state index is -2.34. The number of anilines is 1. The van der Waals surface area contributed by atoms with E-state index in [1.165, 1.54) is 13.0 Å². The van der Waals surface area contributed by atoms with E-state index < -0.39 is 172 Å². The molecular formula is C59H86N2O19. The van der Waals surface area contributed by atoms with Crippen molar-refractivity contribution in [3.05, 3.63) is 115 Å². The van der Waals surface area contributed by atoms with E-state index in [0.717, 1.165) is 5.69 Å². The number of ether oxygens (including phenoxy) is 4. The molecule has 21 nitrogen and oxygen atoms in total. The van der Waals surface area contributed by atoms with Gasteiger partial charge in [0.1, 0.15) is 23.9 Å². The van der Waals surface area contributed by atoms with E-state index in [1.54, 1.807) is 104 Å². The monoisotopic (exact) mass is 1130 g/mol. The molecule has 1 aromatic carbocycles. The Morgan fingerprint density at radius 3 is 1.86 bits per heavy atom. The number of hydrogen-bond donors (Lipinski definition) is 13. The molecule has 3 aliphatic rings. The van der Waals surface area contributed by atoms with E-state index in [0.29, 0.717) is 12.0 Å². The highest BCUT2D eigenvalue weighted by Gasteiger charge is 2.51. The van der Waals surface area contributed by atoms with Gasteiger partial charge >= 0.3 is 11.9 Å². The number of benzene rings is 1. The van der Waals surface area contributed by atoms with Gasteiger partial charge in [0.05, 0.1) is 79.6 Å². The van der Waals surface area contributed by atoms with Crippen LogP contribution in [0.4, 0.5) is 5.69 Å². The molecule has 14 N–H and O–H groups in total. The second-order valence-electron chi connectivity index (χ2n) is 21.4. The number of aliphatic hydroxyl groups is 10. The van der Waals surface area contributed by atoms with Crippen LogP contribution in [0.25, 0.3) is 0 Å². The first-order chi connectivity index (χ1) is 37.9. The van der Waals surface area contributed by atoms with Gasteiger partial charge in [-0.25, -0.2) is 0 Å². The van der Waals surface area contributed by atoms with Crippen molar-refractivity contribution in [2.45, 2.75) is 195 Å². The van der Waals surface area contributed by atoms with Crippen LogP contribution in [-0.2, 0) is 33.3 Å². The summed E-state index contributed by atoms with van der Waals surface area (Å²) in [4.78, 5) is 51.7. The number of nitrogens with two attached hydrogens (primary N) is 1. The molecule has 19 atom stereocenters. The van der Waals surface area contributed by atoms with Crippen LogP contribution < -0.4 is 11.1 Å². The molecule has 0 amide bonds. The zero-order valence-electron chi connectivity index (χ0n) is 46.0. The van der Waals surface area contributed by atoms with Crippen molar-refractivity contribution >= 4 is 29.2 Å². The third kappa shape index (κ3) is 23.0. The molecule has 3 heterocycles. The molecule has 21 heteroatoms. The first kappa shape index (κ1) is 67.4. The molecule has 14 unspecified atom stereocenters. The topological polar surface area (TPSA) is 366 Å². The summed E-state index contributed by atoms with van der Waals surface area (Å²) in [6, 6.07) is 5.74. The maximum Gasteiger partial charge on any atom is 0.311 e. The molecule has 3 aliphatic heterocycles. The molecule has 446 valence electrons. The van der Waals surface area contributed by atoms with Gasteiger partial charge in [-0.15, -0.1) is 0 Å². The van der Waals surface area contributed by atoms with Gasteiger partial charge in [-0.3, -0.25) is 19.2 Å². The summed E-state index contributed by atoms with van der Waals surface area (Å²) in [6.07, 6.45) is 1.86. The Bertz CT molecular complexity index is 2300. The molecule has 0 aliphatic carbocycles. The summed E-state index contributed by atoms with van der Waals surface area (Å²) < 4.78 is 23.7. The largest absolute Gasteiger partial charge is 0.481 e. The molecule has 2 bridgehead atoms. The number of cyclic esters (lactones) is 1. The van der Waals surface area contributed by atoms with Crippen molar-refractivity contribution < 1.29 is 94.3 Å². The summed E-state index contributed by atoms with van der Waals surface area (Å²) in [6.45, 7) is 5.22. The van der Waals surface area contributed by atoms with Crippen LogP contribution in [0.1, 0.15) is 108 Å². The lowest BCUT2D eigenvalue weighted by atomic mass is 9.82. The van der Waals surface area contributed by atoms with Gasteiger partial charge in [-0.05, 0) is 69.2 Å². The summed E-state index contributed by atoms with van der Waals surface area (Å²) in [5.74, 6) is -7.75. The molecule has 2 fully saturated rings. The van der Waals surface area contributed by atoms with Crippen LogP contribution in [0.15, 0.2) is 109 Å². The van der Waals surface area contributed by atoms with Gasteiger partial charge in [0.25, 0.3) is 0 Å². The van der Waals surface area contributed by atoms with Crippen molar-refractivity contribution in [2.24, 2.45) is 23.5 Å². The van der Waals surface area contributed by atoms with E-state index in [4.69, 9.17) is 24.7 Å². The average molecular weight is 1130 g/mol. The predicted octanol–water partition coefficient (Wildman–Crippen LogP) is 2.75. The van der Waals surface area contributed by atoms with Gasteiger partial charge in [-0.2, -0.15) is 0 Å². The van der Waals surface area contributed by atoms with E-state index in [2.05, 4.69) is 5.32 Å². The van der Waals surface area contributed by atoms with E-state index in [-0.39, 0.29) is 36.9 Å². The molecule has 0 aromatic heterocycles. The van der Waals surface area contributed by atoms with Gasteiger partial charge in [0.2, 0.25) is 0 Å². The van der Waals surface area contributed by atoms with Crippen LogP contribution in [0, 0.1) is 17.8 Å². The van der Waals surface area contributed by atoms with Crippen LogP contribution in [0.3, 0.4) is 0 Å². The van der Waals surface area contributed by atoms with Gasteiger partial charge < -0.3 is 86.2 Å². The number of Topliss-reactive ketones (excluding diaryl/α,β-unsaturated/α-hetero) is 2. The third-order valence-corrected chi connectivity index (χ3v) is 14.4. The zero-order chi connectivity index (χ0) is 59.1. The third-order valence-electron chi connectivity index (χ3n) is 14.4. The lowest BCUT2D eigenvalue weighted by Gasteiger charge is -2.45. The van der Waals surface area contributed by atoms with Crippen molar-refractivity contribution in [1.82, 2.24) is 0 Å². The number of hydrogen-bond acceptors (Lipinski definition) is 20. The first-order valence-electron chi connectivity index (χ1n) is 27.4. The molecule has 4 rings (SSSR count). The second kappa shape index (κ2) is 33.7. The highest BCUT2D eigenvalue weighted by Crippen LogP contribution is 2.38. The minimum Gasteiger partial charge on any atom is -0.481 e. The van der Waals surface area contributed by atoms with Gasteiger partial charge in [0.15, 0.2) is 17.9 Å². The molecule has 0 saturated carbocycles. The Kier molecular flexibility index (Phi) is 28.4. The Labute approximate surface area is 468 Å². The van der Waals surface area contributed by atoms with Crippen LogP contribution in [-0.4, -0.2) is 184 Å². The number of rotatable bonds is 11. The maximum atomic E-state index is 13.3. The predicted molar refractivity (Wildman–Crippen MR) is 295 cm³/mol. The number of aliphatic hydroxyl groups excluding tert-OH is 9. The highest BCUT2D eigenvalue weighted by molar-refractivity contribution is 5.96. The molecule has 0 radical (unpaired) electrons. The maximum absolute atomic E-state index is 13.3. The Morgan fingerprint density at radius 1 is 0.725 bits per heavy atom. The number of allylic oxidation sites excluding steroid dienone is 12. The number of aliphatic carboxylic acids is 1. The van der Waals surface area contributed by atoms with Crippen molar-refractivity contribution in [3.8, 4) is 0 Å². The fourth-order valence-corrected chi connectivity index (χ4v) is 10.1. The summed E-state index contributed by atoms with van der Waals surface area (Å²) >= 11 is 0. The SMILES string of the molecule is CNc1ccc(C(=O)CC(O)CCC(C)C2OC(=O)CC(O)CC(=O)CC(O)CC(O)CC(O)CC(O)CC3(O)CC(O)C(C(=O)O)C(CC(O[C@@H]4O[C@H](C)[C@@H](O)[C@H](N)[C@@H]4O)/C=C/C=C/C=C/C=C/C=C/C=C/C=C\C2C)O3)cc1. The molecule has 2 saturated heterocycles. The minimum absolute atomic E-state index is 0.106. The van der Waals surface area contributed by atoms with Crippen molar-refractivity contribution in [2.75, 3.05) is 12.4 Å². The fourth-order valence-electron chi connectivity index (χ4n) is 10.1. The van der Waals surface area contributed by atoms with E-state index >= 15 is 0 Å². The zero-order valence-corrected chi connectivity index (χ0v) is 46.0. The lowest BCUT2D eigenvalue weighted by molar-refractivity contribution is -0.308. The first-order valence-corrected chi connectivity index (χ1v) is 27.4. The van der Waals surface area contributed by atoms with Crippen LogP contribution >= 0.6 is 0 Å². The molecule has 1 aromatic rings. The van der Waals surface area contributed by atoms with E-state index in [9.17, 15) is 75.3 Å². The number of ketones is 2. The van der Waals surface area contributed by atoms with Crippen LogP contribution in [0.2, 0.25) is 0 Å². The smallest absolute Gasteiger partial charge is 0.311 e. The lowest BCUT2D eigenvalue weighted by Crippen LogP contribution is -2.61. The average Bonchev–Trinajstić information content (AvgIpc) is 3.48. The highest BCUT2D eigenvalue weighted by atomic mass is 16.7. The number of carbonyl (C=O) groups excluding carboxylic acids is 3. The normalized spacial score (nSPS) is 38.0. The van der Waals surface area contributed by atoms with Crippen molar-refractivity contribution in [3.63, 3.8) is 0 Å². The molecular weight excluding hydrogens is 1040 g/mol. The number of carboxylic acid groups (broad SMARTS) is 1. The standard InChI is InChI=1S/C59H86N2O19/c1-35-17-15-13-11-9-7-5-6-8-10-12-14-16-18-47(78-58-55(73)53(60)54(72)37(3)77-58)32-50-52(57(74)75)49(70)34-59(76,80-50)33-46(68)29-44(66)27-42(64)25-41(63)26-43(65)28-45(67)31-51(71)79-56(35)36(2)19-24-40(62)30-48(69)38-20-22-39(61-4)23-21-38/h5-18,20-23,35-37,40-42,44-47,49-50,52-56,58,61-64,66-68,70,72-73,76H,19,24-34,60H2,1-4H3,(H,74,75)/b6-5+,9-7+,10-8+,13-11+,14-12+,17-15-,18-16+/t35?,36?,37-,40?,41?,42?,44?,45?,46?,47?,49?,50?,52?,53+,54-,55+,56?,58+,59?/m1/s1. The molecule has 0 spiro atoms. The van der Waals surface area contributed by atoms with E-state index in [1.807, 2.05) is 19.9 Å². The second-order valence-corrected chi connectivity index (χ2v) is 21.4. The Balaban J connectivity index is 1.54. The fraction of sp³-hybridized carbons (Fsp3) is 0.593. The van der Waals surface area contributed by atoms with Crippen LogP contribution in [0.5, 0.6) is 0 Å². The number of esters is 1. The number of nitrogens with one attached hydrogen (secondary N) is 1. The van der Waals surface area contributed by atoms with Gasteiger partial charge in [-0.1, -0.05) is 98.9 Å². The molecule has 80 heavy (non-hydrogen) atoms. The Hall–Kier alpha value is -5.08. The summed E-state index contributed by atoms with van der Waals surface area (Å²) in [7, 11) is 1.77. The number of carboxylic acids is 1. The van der Waals surface area contributed by atoms with Crippen molar-refractivity contribution in [1.29, 1.82) is 0 Å². The number of carbonyl (C=O) groups is 4. The summed E-state index contributed by atoms with van der Waals surface area (Å²) in [5.41, 5.74) is 7.35. The Morgan fingerprint density at radius 2 is 1.27 bits per heavy atom. The van der Waals surface area contributed by atoms with Gasteiger partial charge in [0, 0.05) is 62.7 Å².